The van der Waals surface area contributed by atoms with Crippen molar-refractivity contribution in [2.45, 2.75) is 13.2 Å². The van der Waals surface area contributed by atoms with Crippen molar-refractivity contribution >= 4 is 26.7 Å². The Hall–Kier alpha value is -4.48. The monoisotopic (exact) mass is 563 g/mol. The van der Waals surface area contributed by atoms with Gasteiger partial charge in [0.05, 0.1) is 38.7 Å². The molecule has 2 N–H and O–H groups in total. The zero-order valence-corrected chi connectivity index (χ0v) is 23.5. The van der Waals surface area contributed by atoms with Crippen LogP contribution >= 0.6 is 11.3 Å². The van der Waals surface area contributed by atoms with Crippen LogP contribution in [0.4, 0.5) is 5.13 Å². The van der Waals surface area contributed by atoms with Crippen LogP contribution in [0.3, 0.4) is 0 Å². The molecule has 0 fully saturated rings. The van der Waals surface area contributed by atoms with Crippen LogP contribution in [0.2, 0.25) is 0 Å². The molecule has 5 rings (SSSR count). The molecule has 11 heteroatoms. The van der Waals surface area contributed by atoms with Gasteiger partial charge in [0.2, 0.25) is 5.75 Å². The fourth-order valence-corrected chi connectivity index (χ4v) is 5.06. The van der Waals surface area contributed by atoms with E-state index in [2.05, 4.69) is 15.5 Å². The number of benzene rings is 3. The Morgan fingerprint density at radius 2 is 1.57 bits per heavy atom. The number of aliphatic hydroxyl groups excluding tert-OH is 1. The quantitative estimate of drug-likeness (QED) is 0.192. The minimum Gasteiger partial charge on any atom is -0.493 e. The topological polar surface area (TPSA) is 117 Å². The second-order valence-corrected chi connectivity index (χ2v) is 9.85. The van der Waals surface area contributed by atoms with Crippen LogP contribution in [0.5, 0.6) is 28.7 Å². The number of nitrogens with zero attached hydrogens (tertiary/aromatic N) is 2. The highest BCUT2D eigenvalue weighted by Crippen LogP contribution is 2.42. The van der Waals surface area contributed by atoms with E-state index in [4.69, 9.17) is 28.2 Å². The smallest absolute Gasteiger partial charge is 0.203 e. The zero-order chi connectivity index (χ0) is 28.2. The van der Waals surface area contributed by atoms with E-state index >= 15 is 0 Å². The van der Waals surface area contributed by atoms with Gasteiger partial charge >= 0.3 is 0 Å². The Morgan fingerprint density at radius 1 is 0.850 bits per heavy atom. The molecule has 1 atom stereocenters. The van der Waals surface area contributed by atoms with Gasteiger partial charge in [-0.1, -0.05) is 22.6 Å². The summed E-state index contributed by atoms with van der Waals surface area (Å²) in [5, 5.41) is 18.4. The normalized spacial score (nSPS) is 11.8. The molecule has 2 heterocycles. The van der Waals surface area contributed by atoms with Gasteiger partial charge < -0.3 is 38.6 Å². The number of hydrogen-bond acceptors (Lipinski definition) is 11. The maximum absolute atomic E-state index is 10.6. The van der Waals surface area contributed by atoms with Crippen LogP contribution in [0.15, 0.2) is 59.1 Å². The number of rotatable bonds is 11. The van der Waals surface area contributed by atoms with Gasteiger partial charge in [0.15, 0.2) is 40.1 Å². The van der Waals surface area contributed by atoms with E-state index in [0.717, 1.165) is 21.3 Å². The fourth-order valence-electron chi connectivity index (χ4n) is 4.17. The molecule has 0 aliphatic rings. The van der Waals surface area contributed by atoms with E-state index in [1.54, 1.807) is 58.8 Å². The molecule has 40 heavy (non-hydrogen) atoms. The van der Waals surface area contributed by atoms with E-state index in [0.29, 0.717) is 50.9 Å². The minimum absolute atomic E-state index is 0.0398. The molecular formula is C29H29N3O7S. The number of ether oxygens (including phenoxy) is 5. The highest BCUT2D eigenvalue weighted by Gasteiger charge is 2.18. The Bertz CT molecular complexity index is 1610. The number of aliphatic hydroxyl groups is 1. The molecule has 0 spiro atoms. The Kier molecular flexibility index (Phi) is 7.94. The zero-order valence-electron chi connectivity index (χ0n) is 22.7. The van der Waals surface area contributed by atoms with Crippen LogP contribution in [-0.4, -0.2) is 56.5 Å². The lowest BCUT2D eigenvalue weighted by Crippen LogP contribution is -2.26. The number of thiazole rings is 1. The van der Waals surface area contributed by atoms with Gasteiger partial charge in [-0.05, 0) is 55.0 Å². The van der Waals surface area contributed by atoms with Gasteiger partial charge in [0.25, 0.3) is 0 Å². The number of hydrogen-bond donors (Lipinski definition) is 2. The van der Waals surface area contributed by atoms with Crippen molar-refractivity contribution in [3.05, 3.63) is 60.2 Å². The summed E-state index contributed by atoms with van der Waals surface area (Å²) in [6.07, 6.45) is -0.994. The first-order valence-electron chi connectivity index (χ1n) is 12.3. The highest BCUT2D eigenvalue weighted by molar-refractivity contribution is 7.22. The van der Waals surface area contributed by atoms with Crippen molar-refractivity contribution in [3.63, 3.8) is 0 Å². The summed E-state index contributed by atoms with van der Waals surface area (Å²) in [6, 6.07) is 16.8. The Morgan fingerprint density at radius 3 is 2.27 bits per heavy atom. The van der Waals surface area contributed by atoms with Crippen molar-refractivity contribution in [2.24, 2.45) is 0 Å². The van der Waals surface area contributed by atoms with E-state index < -0.39 is 6.23 Å². The number of fused-ring (bicyclic) bond motifs is 1. The van der Waals surface area contributed by atoms with Crippen LogP contribution in [0, 0.1) is 6.92 Å². The molecule has 0 aliphatic carbocycles. The van der Waals surface area contributed by atoms with Crippen molar-refractivity contribution < 1.29 is 33.3 Å². The molecule has 0 radical (unpaired) electrons. The van der Waals surface area contributed by atoms with Gasteiger partial charge in [0, 0.05) is 17.2 Å². The second kappa shape index (κ2) is 11.7. The van der Waals surface area contributed by atoms with Crippen molar-refractivity contribution in [1.82, 2.24) is 10.1 Å². The van der Waals surface area contributed by atoms with Crippen LogP contribution in [0.1, 0.15) is 5.56 Å². The minimum atomic E-state index is -0.994. The predicted octanol–water partition coefficient (Wildman–Crippen LogP) is 5.77. The molecule has 1 unspecified atom stereocenters. The van der Waals surface area contributed by atoms with Crippen molar-refractivity contribution in [1.29, 1.82) is 0 Å². The van der Waals surface area contributed by atoms with Crippen LogP contribution < -0.4 is 29.0 Å². The number of aryl methyl sites for hydroxylation is 1. The van der Waals surface area contributed by atoms with Gasteiger partial charge in [-0.3, -0.25) is 0 Å². The number of aromatic nitrogens is 2. The predicted molar refractivity (Wildman–Crippen MR) is 153 cm³/mol. The molecule has 2 aromatic heterocycles. The molecule has 208 valence electrons. The number of anilines is 1. The highest BCUT2D eigenvalue weighted by atomic mass is 32.1. The first kappa shape index (κ1) is 27.1. The molecule has 0 saturated heterocycles. The lowest BCUT2D eigenvalue weighted by atomic mass is 10.1. The molecule has 0 bridgehead atoms. The molecule has 5 aromatic rings. The lowest BCUT2D eigenvalue weighted by Gasteiger charge is -2.15. The first-order valence-corrected chi connectivity index (χ1v) is 13.1. The van der Waals surface area contributed by atoms with Gasteiger partial charge in [-0.2, -0.15) is 0 Å². The van der Waals surface area contributed by atoms with Crippen LogP contribution in [0.25, 0.3) is 32.8 Å². The Labute approximate surface area is 235 Å². The van der Waals surface area contributed by atoms with E-state index in [1.165, 1.54) is 11.3 Å². The van der Waals surface area contributed by atoms with Gasteiger partial charge in [0.1, 0.15) is 12.3 Å². The Balaban J connectivity index is 1.33. The lowest BCUT2D eigenvalue weighted by molar-refractivity contribution is 0.127. The average molecular weight is 564 g/mol. The maximum atomic E-state index is 10.6. The van der Waals surface area contributed by atoms with Crippen LogP contribution in [-0.2, 0) is 0 Å². The van der Waals surface area contributed by atoms with Gasteiger partial charge in [-0.15, -0.1) is 0 Å². The fraction of sp³-hybridized carbons (Fsp3) is 0.241. The summed E-state index contributed by atoms with van der Waals surface area (Å²) in [5.74, 6) is 2.97. The number of methoxy groups -OCH3 is 4. The van der Waals surface area contributed by atoms with Crippen molar-refractivity contribution in [3.8, 4) is 51.3 Å². The summed E-state index contributed by atoms with van der Waals surface area (Å²) >= 11 is 1.47. The third-order valence-electron chi connectivity index (χ3n) is 6.15. The summed E-state index contributed by atoms with van der Waals surface area (Å²) < 4.78 is 34.4. The van der Waals surface area contributed by atoms with E-state index in [9.17, 15) is 5.11 Å². The third kappa shape index (κ3) is 5.61. The average Bonchev–Trinajstić information content (AvgIpc) is 3.62. The molecule has 10 nitrogen and oxygen atoms in total. The van der Waals surface area contributed by atoms with E-state index in [-0.39, 0.29) is 6.61 Å². The summed E-state index contributed by atoms with van der Waals surface area (Å²) in [5.41, 5.74) is 4.04. The first-order chi connectivity index (χ1) is 19.4. The molecule has 0 saturated carbocycles. The second-order valence-electron chi connectivity index (χ2n) is 8.82. The SMILES string of the molecule is COc1ccc(-c2cc(-c3cc(OC)c(OC)c(OC)c3)no2)cc1OCC(O)Nc1nc2cc(C)ccc2s1. The largest absolute Gasteiger partial charge is 0.493 e. The standard InChI is InChI=1S/C29H29N3O7S/c1-16-6-9-26-20(10-16)30-29(40-26)31-27(33)15-38-23-11-17(7-8-21(23)34-2)22-14-19(32-39-22)18-12-24(35-3)28(37-5)25(13-18)36-4/h6-14,27,33H,15H2,1-5H3,(H,30,31). The molecule has 0 aliphatic heterocycles. The molecule has 0 amide bonds. The van der Waals surface area contributed by atoms with E-state index in [1.807, 2.05) is 31.2 Å². The molecular weight excluding hydrogens is 534 g/mol. The van der Waals surface area contributed by atoms with Gasteiger partial charge in [-0.25, -0.2) is 4.98 Å². The maximum Gasteiger partial charge on any atom is 0.203 e. The summed E-state index contributed by atoms with van der Waals surface area (Å²) in [7, 11) is 6.21. The molecule has 3 aromatic carbocycles. The van der Waals surface area contributed by atoms with Crippen molar-refractivity contribution in [2.75, 3.05) is 40.4 Å². The summed E-state index contributed by atoms with van der Waals surface area (Å²) in [4.78, 5) is 4.54. The summed E-state index contributed by atoms with van der Waals surface area (Å²) in [6.45, 7) is 1.98. The number of nitrogens with one attached hydrogen (secondary N) is 1. The third-order valence-corrected chi connectivity index (χ3v) is 7.12.